The van der Waals surface area contributed by atoms with E-state index in [2.05, 4.69) is 20.9 Å². The fraction of sp³-hybridized carbons (Fsp3) is 0.341. The molecule has 2 aliphatic rings. The highest BCUT2D eigenvalue weighted by Crippen LogP contribution is 2.20. The lowest BCUT2D eigenvalue weighted by Gasteiger charge is -2.27. The van der Waals surface area contributed by atoms with Gasteiger partial charge in [-0.2, -0.15) is 0 Å². The topological polar surface area (TPSA) is 150 Å². The summed E-state index contributed by atoms with van der Waals surface area (Å²) >= 11 is 0. The zero-order chi connectivity index (χ0) is 40.0. The fourth-order valence-corrected chi connectivity index (χ4v) is 6.83. The summed E-state index contributed by atoms with van der Waals surface area (Å²) in [5, 5.41) is 8.72. The number of nitrogens with one attached hydrogen (secondary N) is 3. The highest BCUT2D eigenvalue weighted by molar-refractivity contribution is 6.01. The van der Waals surface area contributed by atoms with E-state index >= 15 is 0 Å². The van der Waals surface area contributed by atoms with Gasteiger partial charge in [-0.15, -0.1) is 0 Å². The number of nitrogens with zero attached hydrogens (tertiary/aromatic N) is 3. The van der Waals surface area contributed by atoms with E-state index in [-0.39, 0.29) is 44.1 Å². The van der Waals surface area contributed by atoms with Crippen molar-refractivity contribution < 1.29 is 33.4 Å². The molecule has 5 amide bonds. The molecule has 13 nitrogen and oxygen atoms in total. The number of hydrogen-bond donors (Lipinski definition) is 3. The Kier molecular flexibility index (Phi) is 14.4. The molecular weight excluding hydrogens is 725 g/mol. The minimum atomic E-state index is -1.30. The summed E-state index contributed by atoms with van der Waals surface area (Å²) in [6.45, 7) is 3.46. The van der Waals surface area contributed by atoms with Crippen molar-refractivity contribution in [3.8, 4) is 5.75 Å². The minimum Gasteiger partial charge on any atom is -0.491 e. The molecular formula is C44H50N6O7. The van der Waals surface area contributed by atoms with Crippen LogP contribution in [0.25, 0.3) is 0 Å². The molecule has 2 atom stereocenters. The zero-order valence-electron chi connectivity index (χ0n) is 32.2. The van der Waals surface area contributed by atoms with Gasteiger partial charge in [0.15, 0.2) is 0 Å². The van der Waals surface area contributed by atoms with Gasteiger partial charge in [0.25, 0.3) is 5.91 Å². The van der Waals surface area contributed by atoms with Gasteiger partial charge >= 0.3 is 0 Å². The van der Waals surface area contributed by atoms with Crippen molar-refractivity contribution >= 4 is 29.5 Å². The van der Waals surface area contributed by atoms with Crippen LogP contribution in [0, 0.1) is 0 Å². The molecule has 0 aromatic heterocycles. The standard InChI is InChI=1S/C44H50N6O7/c1-48-29-40(51)46-36(24-32-11-4-2-5-12-32)31-57-39-18-9-8-17-37(39)43(54)47-38(25-41(52)50(30-42(48)53)28-33-13-6-3-7-14-33)44(55)45-26-34-15-10-16-35(23-34)27-49-19-21-56-22-20-49/h2-18,23,36,38H,19-22,24-31H2,1H3,(H,45,55)(H,46,51)(H,47,54)/t36-,38+/m1/s1. The number of ether oxygens (including phenoxy) is 2. The molecule has 0 radical (unpaired) electrons. The van der Waals surface area contributed by atoms with Crippen LogP contribution >= 0.6 is 0 Å². The molecule has 3 N–H and O–H groups in total. The van der Waals surface area contributed by atoms with Crippen LogP contribution in [0.5, 0.6) is 5.75 Å². The van der Waals surface area contributed by atoms with Gasteiger partial charge in [0, 0.05) is 39.8 Å². The number of hydrogen-bond acceptors (Lipinski definition) is 8. The van der Waals surface area contributed by atoms with Crippen molar-refractivity contribution in [3.63, 3.8) is 0 Å². The van der Waals surface area contributed by atoms with Crippen LogP contribution in [0.2, 0.25) is 0 Å². The lowest BCUT2D eigenvalue weighted by atomic mass is 10.1. The molecule has 0 spiro atoms. The fourth-order valence-electron chi connectivity index (χ4n) is 6.83. The molecule has 4 aromatic carbocycles. The highest BCUT2D eigenvalue weighted by atomic mass is 16.5. The van der Waals surface area contributed by atoms with Gasteiger partial charge in [-0.25, -0.2) is 0 Å². The summed E-state index contributed by atoms with van der Waals surface area (Å²) in [5.74, 6) is -2.35. The van der Waals surface area contributed by atoms with Crippen molar-refractivity contribution in [1.82, 2.24) is 30.7 Å². The number of fused-ring (bicyclic) bond motifs is 1. The summed E-state index contributed by atoms with van der Waals surface area (Å²) in [4.78, 5) is 74.2. The Labute approximate surface area is 333 Å². The molecule has 4 aromatic rings. The maximum absolute atomic E-state index is 14.2. The van der Waals surface area contributed by atoms with Crippen molar-refractivity contribution in [1.29, 1.82) is 0 Å². The van der Waals surface area contributed by atoms with Crippen LogP contribution in [-0.2, 0) is 50.0 Å². The number of carbonyl (C=O) groups is 5. The Hall–Kier alpha value is -6.05. The summed E-state index contributed by atoms with van der Waals surface area (Å²) in [5.41, 5.74) is 3.84. The first-order valence-corrected chi connectivity index (χ1v) is 19.3. The number of likely N-dealkylation sites (N-methyl/N-ethyl adjacent to an activating group) is 1. The van der Waals surface area contributed by atoms with Crippen LogP contribution in [0.15, 0.2) is 109 Å². The first-order chi connectivity index (χ1) is 27.7. The summed E-state index contributed by atoms with van der Waals surface area (Å²) < 4.78 is 11.7. The van der Waals surface area contributed by atoms with Crippen molar-refractivity contribution in [2.24, 2.45) is 0 Å². The molecule has 2 heterocycles. The van der Waals surface area contributed by atoms with Gasteiger partial charge < -0.3 is 35.2 Å². The van der Waals surface area contributed by atoms with Crippen molar-refractivity contribution in [2.45, 2.75) is 44.6 Å². The van der Waals surface area contributed by atoms with E-state index in [0.29, 0.717) is 19.6 Å². The maximum Gasteiger partial charge on any atom is 0.255 e. The lowest BCUT2D eigenvalue weighted by Crippen LogP contribution is -2.50. The number of benzene rings is 4. The third-order valence-corrected chi connectivity index (χ3v) is 9.93. The predicted molar refractivity (Wildman–Crippen MR) is 214 cm³/mol. The second-order valence-electron chi connectivity index (χ2n) is 14.4. The molecule has 298 valence electrons. The van der Waals surface area contributed by atoms with Gasteiger partial charge in [0.2, 0.25) is 23.6 Å². The first kappa shape index (κ1) is 40.6. The highest BCUT2D eigenvalue weighted by Gasteiger charge is 2.30. The maximum atomic E-state index is 14.2. The van der Waals surface area contributed by atoms with Crippen LogP contribution in [0.1, 0.15) is 39.0 Å². The predicted octanol–water partition coefficient (Wildman–Crippen LogP) is 2.93. The Morgan fingerprint density at radius 3 is 2.16 bits per heavy atom. The average Bonchev–Trinajstić information content (AvgIpc) is 3.22. The van der Waals surface area contributed by atoms with Gasteiger partial charge in [0.1, 0.15) is 24.9 Å². The minimum absolute atomic E-state index is 0.0143. The summed E-state index contributed by atoms with van der Waals surface area (Å²) in [6, 6.07) is 31.5. The number of rotatable bonds is 9. The Balaban J connectivity index is 1.26. The molecule has 57 heavy (non-hydrogen) atoms. The smallest absolute Gasteiger partial charge is 0.255 e. The molecule has 0 bridgehead atoms. The van der Waals surface area contributed by atoms with Crippen LogP contribution in [-0.4, -0.2) is 109 Å². The van der Waals surface area contributed by atoms with Gasteiger partial charge in [-0.05, 0) is 40.8 Å². The zero-order valence-corrected chi connectivity index (χ0v) is 32.2. The monoisotopic (exact) mass is 774 g/mol. The van der Waals surface area contributed by atoms with Crippen LogP contribution < -0.4 is 20.7 Å². The van der Waals surface area contributed by atoms with E-state index in [1.165, 1.54) is 16.8 Å². The third-order valence-electron chi connectivity index (χ3n) is 9.93. The first-order valence-electron chi connectivity index (χ1n) is 19.3. The largest absolute Gasteiger partial charge is 0.491 e. The lowest BCUT2D eigenvalue weighted by molar-refractivity contribution is -0.142. The van der Waals surface area contributed by atoms with E-state index in [1.807, 2.05) is 84.9 Å². The average molecular weight is 775 g/mol. The van der Waals surface area contributed by atoms with Gasteiger partial charge in [-0.3, -0.25) is 28.9 Å². The van der Waals surface area contributed by atoms with E-state index in [0.717, 1.165) is 41.9 Å². The van der Waals surface area contributed by atoms with E-state index in [4.69, 9.17) is 9.47 Å². The Morgan fingerprint density at radius 2 is 1.40 bits per heavy atom. The van der Waals surface area contributed by atoms with E-state index < -0.39 is 48.0 Å². The molecule has 1 fully saturated rings. The number of para-hydroxylation sites is 1. The molecule has 13 heteroatoms. The number of amides is 5. The van der Waals surface area contributed by atoms with Crippen LogP contribution in [0.4, 0.5) is 0 Å². The second kappa shape index (κ2) is 20.2. The summed E-state index contributed by atoms with van der Waals surface area (Å²) in [6.07, 6.45) is -0.00252. The third kappa shape index (κ3) is 12.2. The van der Waals surface area contributed by atoms with E-state index in [9.17, 15) is 24.0 Å². The number of morpholine rings is 1. The SMILES string of the molecule is CN1CC(=O)N[C@H](Cc2ccccc2)COc2ccccc2C(=O)N[C@H](C(=O)NCc2cccc(CN3CCOCC3)c2)CC(=O)N(Cc2ccccc2)CC1=O. The molecule has 2 aliphatic heterocycles. The quantitative estimate of drug-likeness (QED) is 0.235. The molecule has 0 aliphatic carbocycles. The van der Waals surface area contributed by atoms with Gasteiger partial charge in [0.05, 0.1) is 37.8 Å². The molecule has 1 saturated heterocycles. The number of carbonyl (C=O) groups excluding carboxylic acids is 5. The molecule has 0 unspecified atom stereocenters. The second-order valence-corrected chi connectivity index (χ2v) is 14.4. The molecule has 0 saturated carbocycles. The van der Waals surface area contributed by atoms with Crippen molar-refractivity contribution in [2.75, 3.05) is 53.0 Å². The molecule has 6 rings (SSSR count). The van der Waals surface area contributed by atoms with Crippen molar-refractivity contribution in [3.05, 3.63) is 137 Å². The normalized spacial score (nSPS) is 19.1. The summed E-state index contributed by atoms with van der Waals surface area (Å²) in [7, 11) is 1.51. The van der Waals surface area contributed by atoms with Gasteiger partial charge in [-0.1, -0.05) is 97.1 Å². The Morgan fingerprint density at radius 1 is 0.737 bits per heavy atom. The van der Waals surface area contributed by atoms with E-state index in [1.54, 1.807) is 24.3 Å². The Bertz CT molecular complexity index is 1990. The van der Waals surface area contributed by atoms with Crippen LogP contribution in [0.3, 0.4) is 0 Å².